The number of nitrogens with one attached hydrogen (secondary N) is 2. The molecule has 4 heterocycles. The van der Waals surface area contributed by atoms with Crippen molar-refractivity contribution in [1.82, 2.24) is 20.4 Å². The van der Waals surface area contributed by atoms with Crippen LogP contribution in [0.25, 0.3) is 0 Å². The number of nitrogens with zero attached hydrogens (tertiary/aromatic N) is 4. The molecule has 3 amide bonds. The highest BCUT2D eigenvalue weighted by Crippen LogP contribution is 2.45. The fourth-order valence-electron chi connectivity index (χ4n) is 5.87. The molecular weight excluding hydrogens is 468 g/mol. The van der Waals surface area contributed by atoms with Crippen LogP contribution in [0.15, 0.2) is 28.2 Å². The second kappa shape index (κ2) is 8.17. The maximum atomic E-state index is 13.3. The van der Waals surface area contributed by atoms with E-state index in [0.29, 0.717) is 12.0 Å². The van der Waals surface area contributed by atoms with Gasteiger partial charge >= 0.3 is 0 Å². The van der Waals surface area contributed by atoms with Gasteiger partial charge in [0.2, 0.25) is 17.6 Å². The van der Waals surface area contributed by atoms with Crippen LogP contribution in [-0.4, -0.2) is 92.3 Å². The van der Waals surface area contributed by atoms with Crippen molar-refractivity contribution in [2.24, 2.45) is 21.5 Å². The van der Waals surface area contributed by atoms with Gasteiger partial charge in [0, 0.05) is 24.9 Å². The van der Waals surface area contributed by atoms with Crippen LogP contribution in [-0.2, 0) is 16.0 Å². The van der Waals surface area contributed by atoms with Gasteiger partial charge in [-0.2, -0.15) is 0 Å². The summed E-state index contributed by atoms with van der Waals surface area (Å²) >= 11 is 0. The molecule has 3 unspecified atom stereocenters. The van der Waals surface area contributed by atoms with E-state index < -0.39 is 35.5 Å². The van der Waals surface area contributed by atoms with Crippen molar-refractivity contribution in [3.8, 4) is 0 Å². The van der Waals surface area contributed by atoms with Crippen molar-refractivity contribution in [3.63, 3.8) is 0 Å². The van der Waals surface area contributed by atoms with Crippen LogP contribution >= 0.6 is 0 Å². The van der Waals surface area contributed by atoms with E-state index in [-0.39, 0.29) is 49.7 Å². The zero-order valence-electron chi connectivity index (χ0n) is 20.1. The standard InChI is InChI=1S/C23H30N8O5/c1-3-12-11(2)5-4-6-13(12)19(34)27-15-10-31-21(25)26-14(9-30-16(32)7-8-17(30)33)18-22(31,23(15,35)36)29-20(24)28-18/h4-6,14-15,18,35-36H,3,7-10H2,1-2H3,(H2,25,26)(H,27,34)(H3,24,28,29)/t14-,15?,18?,22?/m0/s1. The average Bonchev–Trinajstić information content (AvgIpc) is 3.41. The number of rotatable bonds is 5. The summed E-state index contributed by atoms with van der Waals surface area (Å²) < 4.78 is 0. The molecule has 4 aliphatic rings. The van der Waals surface area contributed by atoms with Crippen LogP contribution < -0.4 is 22.1 Å². The maximum Gasteiger partial charge on any atom is 0.252 e. The Morgan fingerprint density at radius 2 is 1.92 bits per heavy atom. The predicted molar refractivity (Wildman–Crippen MR) is 128 cm³/mol. The smallest absolute Gasteiger partial charge is 0.252 e. The normalized spacial score (nSPS) is 30.5. The van der Waals surface area contributed by atoms with Crippen LogP contribution in [0, 0.1) is 6.92 Å². The molecule has 8 N–H and O–H groups in total. The largest absolute Gasteiger partial charge is 0.370 e. The second-order valence-electron chi connectivity index (χ2n) is 9.62. The number of hydrogen-bond donors (Lipinski definition) is 6. The molecule has 0 aromatic heterocycles. The summed E-state index contributed by atoms with van der Waals surface area (Å²) in [5.41, 5.74) is 12.7. The van der Waals surface area contributed by atoms with Crippen molar-refractivity contribution < 1.29 is 24.6 Å². The number of imide groups is 1. The van der Waals surface area contributed by atoms with E-state index >= 15 is 0 Å². The minimum atomic E-state index is -2.61. The van der Waals surface area contributed by atoms with Crippen molar-refractivity contribution in [2.75, 3.05) is 13.1 Å². The van der Waals surface area contributed by atoms with Crippen molar-refractivity contribution >= 4 is 29.6 Å². The van der Waals surface area contributed by atoms with E-state index in [4.69, 9.17) is 11.5 Å². The molecule has 13 nitrogen and oxygen atoms in total. The lowest BCUT2D eigenvalue weighted by Gasteiger charge is -2.49. The quantitative estimate of drug-likeness (QED) is 0.187. The summed E-state index contributed by atoms with van der Waals surface area (Å²) in [5, 5.41) is 28.7. The average molecular weight is 499 g/mol. The maximum absolute atomic E-state index is 13.3. The van der Waals surface area contributed by atoms with Crippen LogP contribution in [0.1, 0.15) is 41.3 Å². The van der Waals surface area contributed by atoms with Crippen LogP contribution in [0.2, 0.25) is 0 Å². The molecule has 0 bridgehead atoms. The number of guanidine groups is 2. The topological polar surface area (TPSA) is 199 Å². The van der Waals surface area contributed by atoms with E-state index in [1.54, 1.807) is 12.1 Å². The lowest BCUT2D eigenvalue weighted by Crippen LogP contribution is -2.78. The third-order valence-electron chi connectivity index (χ3n) is 7.64. The molecule has 1 aromatic rings. The lowest BCUT2D eigenvalue weighted by atomic mass is 9.84. The number of hydrogen-bond acceptors (Lipinski definition) is 11. The predicted octanol–water partition coefficient (Wildman–Crippen LogP) is -2.52. The molecule has 2 saturated heterocycles. The Morgan fingerprint density at radius 3 is 2.58 bits per heavy atom. The van der Waals surface area contributed by atoms with Crippen LogP contribution in [0.5, 0.6) is 0 Å². The van der Waals surface area contributed by atoms with Gasteiger partial charge in [-0.1, -0.05) is 19.1 Å². The molecule has 13 heteroatoms. The van der Waals surface area contributed by atoms with E-state index in [9.17, 15) is 24.6 Å². The number of amides is 3. The van der Waals surface area contributed by atoms with E-state index in [1.807, 2.05) is 19.9 Å². The summed E-state index contributed by atoms with van der Waals surface area (Å²) in [7, 11) is 0. The molecule has 1 spiro atoms. The Morgan fingerprint density at radius 1 is 1.22 bits per heavy atom. The van der Waals surface area contributed by atoms with Gasteiger partial charge in [-0.15, -0.1) is 0 Å². The number of carbonyl (C=O) groups is 3. The number of carbonyl (C=O) groups excluding carboxylic acids is 3. The minimum Gasteiger partial charge on any atom is -0.370 e. The summed E-state index contributed by atoms with van der Waals surface area (Å²) in [5.74, 6) is -3.88. The van der Waals surface area contributed by atoms with Gasteiger partial charge in [0.1, 0.15) is 12.1 Å². The number of aliphatic hydroxyl groups is 2. The van der Waals surface area contributed by atoms with Crippen LogP contribution in [0.4, 0.5) is 0 Å². The molecule has 1 aromatic carbocycles. The van der Waals surface area contributed by atoms with Gasteiger partial charge in [0.25, 0.3) is 5.91 Å². The zero-order valence-corrected chi connectivity index (χ0v) is 20.1. The Kier molecular flexibility index (Phi) is 5.45. The summed E-state index contributed by atoms with van der Waals surface area (Å²) in [4.78, 5) is 49.0. The minimum absolute atomic E-state index is 0.0539. The lowest BCUT2D eigenvalue weighted by molar-refractivity contribution is -0.230. The first kappa shape index (κ1) is 24.0. The van der Waals surface area contributed by atoms with E-state index in [2.05, 4.69) is 20.6 Å². The summed E-state index contributed by atoms with van der Waals surface area (Å²) in [6.45, 7) is 3.62. The van der Waals surface area contributed by atoms with Gasteiger partial charge in [-0.3, -0.25) is 19.3 Å². The fourth-order valence-corrected chi connectivity index (χ4v) is 5.87. The highest BCUT2D eigenvalue weighted by atomic mass is 16.5. The molecule has 0 aliphatic carbocycles. The molecule has 36 heavy (non-hydrogen) atoms. The SMILES string of the molecule is CCc1c(C)cccc1C(=O)NC1CN2C(N)=N[C@@H](CN3C(=O)CCC3=O)C3N=C(N)NC32C1(O)O. The van der Waals surface area contributed by atoms with Crippen molar-refractivity contribution in [2.45, 2.75) is 62.7 Å². The second-order valence-corrected chi connectivity index (χ2v) is 9.62. The van der Waals surface area contributed by atoms with Crippen LogP contribution in [0.3, 0.4) is 0 Å². The zero-order chi connectivity index (χ0) is 26.0. The molecular formula is C23H30N8O5. The number of benzene rings is 1. The van der Waals surface area contributed by atoms with E-state index in [0.717, 1.165) is 16.0 Å². The molecule has 5 rings (SSSR count). The highest BCUT2D eigenvalue weighted by Gasteiger charge is 2.73. The first-order chi connectivity index (χ1) is 17.0. The molecule has 192 valence electrons. The van der Waals surface area contributed by atoms with Gasteiger partial charge in [-0.05, 0) is 30.5 Å². The number of aliphatic imine (C=N–C) groups is 2. The third kappa shape index (κ3) is 3.26. The number of nitrogens with two attached hydrogens (primary N) is 2. The van der Waals surface area contributed by atoms with E-state index in [1.165, 1.54) is 4.90 Å². The fraction of sp³-hybridized carbons (Fsp3) is 0.522. The Balaban J connectivity index is 1.47. The highest BCUT2D eigenvalue weighted by molar-refractivity contribution is 6.02. The monoisotopic (exact) mass is 498 g/mol. The van der Waals surface area contributed by atoms with Gasteiger partial charge in [0.15, 0.2) is 17.6 Å². The molecule has 0 saturated carbocycles. The summed E-state index contributed by atoms with van der Waals surface area (Å²) in [6, 6.07) is 2.28. The van der Waals surface area contributed by atoms with Crippen molar-refractivity contribution in [1.29, 1.82) is 0 Å². The molecule has 0 radical (unpaired) electrons. The van der Waals surface area contributed by atoms with Gasteiger partial charge in [-0.25, -0.2) is 9.98 Å². The van der Waals surface area contributed by atoms with Gasteiger partial charge in [0.05, 0.1) is 12.6 Å². The first-order valence-corrected chi connectivity index (χ1v) is 11.9. The summed E-state index contributed by atoms with van der Waals surface area (Å²) in [6.07, 6.45) is 0.836. The number of aryl methyl sites for hydroxylation is 1. The number of likely N-dealkylation sites (tertiary alicyclic amines) is 1. The molecule has 2 fully saturated rings. The molecule has 4 aliphatic heterocycles. The van der Waals surface area contributed by atoms with Crippen molar-refractivity contribution in [3.05, 3.63) is 34.9 Å². The Hall–Kier alpha value is -3.71. The first-order valence-electron chi connectivity index (χ1n) is 11.9. The Bertz CT molecular complexity index is 1200. The van der Waals surface area contributed by atoms with Gasteiger partial charge < -0.3 is 37.2 Å². The Labute approximate surface area is 207 Å². The third-order valence-corrected chi connectivity index (χ3v) is 7.64. The molecule has 4 atom stereocenters.